The molecule has 14 heavy (non-hydrogen) atoms. The van der Waals surface area contributed by atoms with E-state index in [9.17, 15) is 13.2 Å². The number of alkyl halides is 3. The first kappa shape index (κ1) is 9.58. The van der Waals surface area contributed by atoms with Gasteiger partial charge >= 0.3 is 6.18 Å². The van der Waals surface area contributed by atoms with Gasteiger partial charge in [-0.05, 0) is 18.2 Å². The molecule has 0 fully saturated rings. The zero-order valence-electron chi connectivity index (χ0n) is 6.73. The van der Waals surface area contributed by atoms with E-state index in [2.05, 4.69) is 15.9 Å². The van der Waals surface area contributed by atoms with E-state index in [0.717, 1.165) is 6.26 Å². The van der Waals surface area contributed by atoms with Gasteiger partial charge in [0.05, 0.1) is 0 Å². The molecule has 1 aromatic carbocycles. The number of halogens is 4. The summed E-state index contributed by atoms with van der Waals surface area (Å²) in [5, 5.41) is 0.0758. The second-order valence-electron chi connectivity index (χ2n) is 2.79. The fraction of sp³-hybridized carbons (Fsp3) is 0.111. The van der Waals surface area contributed by atoms with Crippen LogP contribution in [0.1, 0.15) is 5.56 Å². The van der Waals surface area contributed by atoms with Crippen LogP contribution in [0.5, 0.6) is 0 Å². The molecular weight excluding hydrogens is 261 g/mol. The van der Waals surface area contributed by atoms with Gasteiger partial charge in [0.1, 0.15) is 17.4 Å². The van der Waals surface area contributed by atoms with E-state index >= 15 is 0 Å². The molecule has 0 unspecified atom stereocenters. The zero-order chi connectivity index (χ0) is 10.3. The maximum absolute atomic E-state index is 12.4. The van der Waals surface area contributed by atoms with Crippen molar-refractivity contribution in [2.75, 3.05) is 0 Å². The van der Waals surface area contributed by atoms with Gasteiger partial charge in [-0.25, -0.2) is 0 Å². The quantitative estimate of drug-likeness (QED) is 0.695. The van der Waals surface area contributed by atoms with Gasteiger partial charge < -0.3 is 4.42 Å². The number of hydrogen-bond acceptors (Lipinski definition) is 1. The Morgan fingerprint density at radius 1 is 1.21 bits per heavy atom. The summed E-state index contributed by atoms with van der Waals surface area (Å²) in [5.74, 6) is 0. The van der Waals surface area contributed by atoms with Gasteiger partial charge in [-0.2, -0.15) is 13.2 Å². The number of benzene rings is 1. The summed E-state index contributed by atoms with van der Waals surface area (Å²) >= 11 is 3.11. The van der Waals surface area contributed by atoms with Crippen LogP contribution in [0.15, 0.2) is 33.4 Å². The summed E-state index contributed by atoms with van der Waals surface area (Å²) < 4.78 is 42.6. The van der Waals surface area contributed by atoms with Gasteiger partial charge in [-0.1, -0.05) is 15.9 Å². The molecule has 0 atom stereocenters. The zero-order valence-corrected chi connectivity index (χ0v) is 8.32. The fourth-order valence-corrected chi connectivity index (χ4v) is 1.58. The van der Waals surface area contributed by atoms with Gasteiger partial charge in [-0.3, -0.25) is 0 Å². The highest BCUT2D eigenvalue weighted by Gasteiger charge is 2.34. The van der Waals surface area contributed by atoms with Crippen molar-refractivity contribution in [1.82, 2.24) is 0 Å². The number of furan rings is 1. The molecule has 2 rings (SSSR count). The van der Waals surface area contributed by atoms with Crippen molar-refractivity contribution >= 4 is 26.9 Å². The third-order valence-electron chi connectivity index (χ3n) is 1.84. The molecule has 0 spiro atoms. The molecule has 0 aliphatic heterocycles. The smallest absolute Gasteiger partial charge is 0.420 e. The highest BCUT2D eigenvalue weighted by Crippen LogP contribution is 2.36. The molecule has 74 valence electrons. The summed E-state index contributed by atoms with van der Waals surface area (Å²) in [7, 11) is 0. The van der Waals surface area contributed by atoms with Crippen molar-refractivity contribution in [3.05, 3.63) is 34.5 Å². The van der Waals surface area contributed by atoms with E-state index in [-0.39, 0.29) is 11.0 Å². The first-order valence-electron chi connectivity index (χ1n) is 3.72. The molecule has 5 heteroatoms. The van der Waals surface area contributed by atoms with Crippen molar-refractivity contribution in [2.24, 2.45) is 0 Å². The molecular formula is C9H4BrF3O. The largest absolute Gasteiger partial charge is 0.464 e. The molecule has 2 aromatic rings. The normalized spacial score (nSPS) is 12.3. The fourth-order valence-electron chi connectivity index (χ4n) is 1.22. The Kier molecular flexibility index (Phi) is 2.06. The first-order chi connectivity index (χ1) is 6.48. The molecule has 0 radical (unpaired) electrons. The van der Waals surface area contributed by atoms with E-state index in [4.69, 9.17) is 4.42 Å². The minimum Gasteiger partial charge on any atom is -0.464 e. The average molecular weight is 265 g/mol. The van der Waals surface area contributed by atoms with Crippen molar-refractivity contribution in [3.8, 4) is 0 Å². The molecule has 0 N–H and O–H groups in total. The van der Waals surface area contributed by atoms with Crippen molar-refractivity contribution in [3.63, 3.8) is 0 Å². The molecule has 1 aromatic heterocycles. The highest BCUT2D eigenvalue weighted by molar-refractivity contribution is 9.10. The second-order valence-corrected chi connectivity index (χ2v) is 3.70. The van der Waals surface area contributed by atoms with Crippen LogP contribution in [0, 0.1) is 0 Å². The lowest BCUT2D eigenvalue weighted by Gasteiger charge is -2.02. The summed E-state index contributed by atoms with van der Waals surface area (Å²) in [6.07, 6.45) is -3.64. The Balaban J connectivity index is 2.73. The van der Waals surface area contributed by atoms with Crippen molar-refractivity contribution in [2.45, 2.75) is 6.18 Å². The van der Waals surface area contributed by atoms with Gasteiger partial charge in [0.15, 0.2) is 0 Å². The molecule has 0 aliphatic rings. The lowest BCUT2D eigenvalue weighted by molar-refractivity contribution is -0.136. The Morgan fingerprint density at radius 2 is 1.93 bits per heavy atom. The molecule has 0 aliphatic carbocycles. The lowest BCUT2D eigenvalue weighted by Crippen LogP contribution is -2.02. The van der Waals surface area contributed by atoms with Gasteiger partial charge in [0.2, 0.25) is 0 Å². The predicted molar refractivity (Wildman–Crippen MR) is 48.9 cm³/mol. The summed E-state index contributed by atoms with van der Waals surface area (Å²) in [6.45, 7) is 0. The van der Waals surface area contributed by atoms with Crippen LogP contribution >= 0.6 is 15.9 Å². The molecule has 0 saturated heterocycles. The minimum atomic E-state index is -4.37. The molecule has 1 nitrogen and oxygen atoms in total. The Hall–Kier alpha value is -0.970. The maximum atomic E-state index is 12.4. The van der Waals surface area contributed by atoms with Crippen LogP contribution in [-0.4, -0.2) is 0 Å². The third-order valence-corrected chi connectivity index (χ3v) is 2.33. The number of fused-ring (bicyclic) bond motifs is 1. The topological polar surface area (TPSA) is 13.1 Å². The Bertz CT molecular complexity index is 472. The second kappa shape index (κ2) is 3.02. The van der Waals surface area contributed by atoms with Crippen molar-refractivity contribution in [1.29, 1.82) is 0 Å². The van der Waals surface area contributed by atoms with Crippen LogP contribution in [0.2, 0.25) is 0 Å². The van der Waals surface area contributed by atoms with E-state index in [0.29, 0.717) is 4.47 Å². The minimum absolute atomic E-state index is 0.0758. The van der Waals surface area contributed by atoms with Crippen LogP contribution in [0.25, 0.3) is 11.0 Å². The van der Waals surface area contributed by atoms with Crippen molar-refractivity contribution < 1.29 is 17.6 Å². The molecule has 0 saturated carbocycles. The van der Waals surface area contributed by atoms with Gasteiger partial charge in [0, 0.05) is 9.86 Å². The number of rotatable bonds is 0. The average Bonchev–Trinajstić information content (AvgIpc) is 2.45. The summed E-state index contributed by atoms with van der Waals surface area (Å²) in [5.41, 5.74) is -0.505. The van der Waals surface area contributed by atoms with Gasteiger partial charge in [-0.15, -0.1) is 0 Å². The molecule has 1 heterocycles. The highest BCUT2D eigenvalue weighted by atomic mass is 79.9. The molecule has 0 amide bonds. The van der Waals surface area contributed by atoms with Crippen LogP contribution in [-0.2, 0) is 6.18 Å². The SMILES string of the molecule is FC(F)(F)c1coc2ccc(Br)cc12. The monoisotopic (exact) mass is 264 g/mol. The Labute approximate surface area is 85.6 Å². The van der Waals surface area contributed by atoms with Crippen LogP contribution < -0.4 is 0 Å². The van der Waals surface area contributed by atoms with E-state index in [1.807, 2.05) is 0 Å². The van der Waals surface area contributed by atoms with Crippen LogP contribution in [0.4, 0.5) is 13.2 Å². The third kappa shape index (κ3) is 1.52. The van der Waals surface area contributed by atoms with Crippen LogP contribution in [0.3, 0.4) is 0 Å². The maximum Gasteiger partial charge on any atom is 0.420 e. The predicted octanol–water partition coefficient (Wildman–Crippen LogP) is 4.21. The van der Waals surface area contributed by atoms with E-state index < -0.39 is 11.7 Å². The molecule has 0 bridgehead atoms. The number of hydrogen-bond donors (Lipinski definition) is 0. The van der Waals surface area contributed by atoms with E-state index in [1.54, 1.807) is 6.07 Å². The van der Waals surface area contributed by atoms with Gasteiger partial charge in [0.25, 0.3) is 0 Å². The standard InChI is InChI=1S/C9H4BrF3O/c10-5-1-2-8-6(3-5)7(4-14-8)9(11,12)13/h1-4H. The Morgan fingerprint density at radius 3 is 2.57 bits per heavy atom. The van der Waals surface area contributed by atoms with E-state index in [1.165, 1.54) is 12.1 Å². The first-order valence-corrected chi connectivity index (χ1v) is 4.52. The summed E-state index contributed by atoms with van der Waals surface area (Å²) in [6, 6.07) is 4.52. The summed E-state index contributed by atoms with van der Waals surface area (Å²) in [4.78, 5) is 0. The lowest BCUT2D eigenvalue weighted by atomic mass is 10.2.